The van der Waals surface area contributed by atoms with Gasteiger partial charge in [0, 0.05) is 29.8 Å². The number of carbonyl (C=O) groups excluding carboxylic acids is 1. The molecule has 0 spiro atoms. The lowest BCUT2D eigenvalue weighted by Gasteiger charge is -2.28. The lowest BCUT2D eigenvalue weighted by Crippen LogP contribution is -2.45. The van der Waals surface area contributed by atoms with E-state index in [1.165, 1.54) is 0 Å². The molecule has 24 heavy (non-hydrogen) atoms. The van der Waals surface area contributed by atoms with Crippen LogP contribution in [0.3, 0.4) is 0 Å². The predicted octanol–water partition coefficient (Wildman–Crippen LogP) is 2.82. The Kier molecular flexibility index (Phi) is 5.29. The molecule has 0 bridgehead atoms. The highest BCUT2D eigenvalue weighted by Gasteiger charge is 2.29. The monoisotopic (exact) mass is 330 g/mol. The molecule has 1 aromatic carbocycles. The first kappa shape index (κ1) is 18.0. The summed E-state index contributed by atoms with van der Waals surface area (Å²) in [5.41, 5.74) is 7.72. The maximum atomic E-state index is 11.9. The fraction of sp³-hybridized carbons (Fsp3) is 0.444. The Labute approximate surface area is 142 Å². The predicted molar refractivity (Wildman–Crippen MR) is 94.7 cm³/mol. The number of rotatable bonds is 5. The van der Waals surface area contributed by atoms with Gasteiger partial charge in [-0.25, -0.2) is 4.79 Å². The molecule has 0 saturated heterocycles. The Bertz CT molecular complexity index is 676. The van der Waals surface area contributed by atoms with Crippen LogP contribution in [0.15, 0.2) is 36.4 Å². The molecule has 1 amide bonds. The third-order valence-electron chi connectivity index (χ3n) is 3.77. The van der Waals surface area contributed by atoms with E-state index in [0.29, 0.717) is 13.1 Å². The van der Waals surface area contributed by atoms with E-state index in [1.807, 2.05) is 64.1 Å². The van der Waals surface area contributed by atoms with E-state index in [1.54, 1.807) is 0 Å². The van der Waals surface area contributed by atoms with Gasteiger partial charge in [0.15, 0.2) is 0 Å². The molecule has 0 saturated carbocycles. The topological polar surface area (TPSA) is 93.0 Å². The second kappa shape index (κ2) is 7.05. The molecule has 1 aromatic heterocycles. The number of aromatic amines is 1. The van der Waals surface area contributed by atoms with Crippen molar-refractivity contribution in [3.05, 3.63) is 42.1 Å². The molecule has 0 radical (unpaired) electrons. The number of nitrogens with one attached hydrogen (secondary N) is 2. The van der Waals surface area contributed by atoms with E-state index in [9.17, 15) is 4.79 Å². The number of benzene rings is 1. The minimum absolute atomic E-state index is 0.356. The van der Waals surface area contributed by atoms with Crippen LogP contribution < -0.4 is 11.1 Å². The lowest BCUT2D eigenvalue weighted by atomic mass is 9.86. The Morgan fingerprint density at radius 3 is 2.50 bits per heavy atom. The first-order valence-electron chi connectivity index (χ1n) is 8.02. The third-order valence-corrected chi connectivity index (χ3v) is 3.77. The summed E-state index contributed by atoms with van der Waals surface area (Å²) in [6.07, 6.45) is -0.454. The van der Waals surface area contributed by atoms with Gasteiger partial charge in [0.05, 0.1) is 5.69 Å². The summed E-state index contributed by atoms with van der Waals surface area (Å²) in [5.74, 6) is 0. The summed E-state index contributed by atoms with van der Waals surface area (Å²) in [5, 5.41) is 10.2. The molecule has 130 valence electrons. The second-order valence-corrected chi connectivity index (χ2v) is 7.15. The highest BCUT2D eigenvalue weighted by Crippen LogP contribution is 2.25. The van der Waals surface area contributed by atoms with E-state index in [2.05, 4.69) is 15.5 Å². The minimum atomic E-state index is -0.530. The molecule has 0 aliphatic heterocycles. The lowest BCUT2D eigenvalue weighted by molar-refractivity contribution is 0.0516. The minimum Gasteiger partial charge on any atom is -0.444 e. The Morgan fingerprint density at radius 2 is 1.92 bits per heavy atom. The summed E-state index contributed by atoms with van der Waals surface area (Å²) >= 11 is 0. The van der Waals surface area contributed by atoms with Crippen LogP contribution in [0.2, 0.25) is 0 Å². The van der Waals surface area contributed by atoms with Crippen LogP contribution in [0, 0.1) is 0 Å². The van der Waals surface area contributed by atoms with Gasteiger partial charge in [-0.1, -0.05) is 37.3 Å². The Morgan fingerprint density at radius 1 is 1.25 bits per heavy atom. The molecule has 1 heterocycles. The summed E-state index contributed by atoms with van der Waals surface area (Å²) < 4.78 is 5.27. The molecule has 1 unspecified atom stereocenters. The molecule has 1 atom stereocenters. The van der Waals surface area contributed by atoms with E-state index in [4.69, 9.17) is 10.5 Å². The average molecular weight is 330 g/mol. The highest BCUT2D eigenvalue weighted by atomic mass is 16.6. The normalized spacial score (nSPS) is 14.0. The van der Waals surface area contributed by atoms with E-state index in [0.717, 1.165) is 17.0 Å². The Hall–Kier alpha value is -2.34. The van der Waals surface area contributed by atoms with Crippen LogP contribution in [0.4, 0.5) is 4.79 Å². The number of hydrogen-bond donors (Lipinski definition) is 3. The van der Waals surface area contributed by atoms with Gasteiger partial charge >= 0.3 is 6.09 Å². The van der Waals surface area contributed by atoms with Crippen LogP contribution >= 0.6 is 0 Å². The zero-order valence-electron chi connectivity index (χ0n) is 14.7. The number of ether oxygens (including phenoxy) is 1. The average Bonchev–Trinajstić information content (AvgIpc) is 3.02. The largest absolute Gasteiger partial charge is 0.444 e. The van der Waals surface area contributed by atoms with Gasteiger partial charge in [-0.2, -0.15) is 5.10 Å². The number of carbonyl (C=O) groups is 1. The van der Waals surface area contributed by atoms with Crippen molar-refractivity contribution in [2.24, 2.45) is 5.73 Å². The second-order valence-electron chi connectivity index (χ2n) is 7.15. The van der Waals surface area contributed by atoms with Gasteiger partial charge in [0.25, 0.3) is 0 Å². The smallest absolute Gasteiger partial charge is 0.407 e. The highest BCUT2D eigenvalue weighted by molar-refractivity contribution is 5.68. The number of H-pyrrole nitrogens is 1. The van der Waals surface area contributed by atoms with Crippen LogP contribution in [0.1, 0.15) is 33.4 Å². The molecule has 2 rings (SSSR count). The van der Waals surface area contributed by atoms with Crippen LogP contribution in [0.5, 0.6) is 0 Å². The van der Waals surface area contributed by atoms with Gasteiger partial charge in [-0.3, -0.25) is 5.10 Å². The first-order chi connectivity index (χ1) is 11.2. The van der Waals surface area contributed by atoms with Gasteiger partial charge in [0.1, 0.15) is 5.60 Å². The van der Waals surface area contributed by atoms with Gasteiger partial charge in [0.2, 0.25) is 0 Å². The van der Waals surface area contributed by atoms with Gasteiger partial charge < -0.3 is 15.8 Å². The maximum Gasteiger partial charge on any atom is 0.407 e. The van der Waals surface area contributed by atoms with Crippen LogP contribution in [-0.2, 0) is 10.2 Å². The SMILES string of the molecule is CC(C)(C)OC(=O)NCC(C)(CN)c1cc(-c2ccccc2)n[nH]1. The molecule has 6 heteroatoms. The van der Waals surface area contributed by atoms with Crippen molar-refractivity contribution in [1.29, 1.82) is 0 Å². The van der Waals surface area contributed by atoms with Crippen molar-refractivity contribution < 1.29 is 9.53 Å². The van der Waals surface area contributed by atoms with Crippen molar-refractivity contribution >= 4 is 6.09 Å². The Balaban J connectivity index is 2.09. The standard InChI is InChI=1S/C18H26N4O2/c1-17(2,3)24-16(23)20-12-18(4,11-19)15-10-14(21-22-15)13-8-6-5-7-9-13/h5-10H,11-12,19H2,1-4H3,(H,20,23)(H,21,22). The first-order valence-corrected chi connectivity index (χ1v) is 8.02. The maximum absolute atomic E-state index is 11.9. The fourth-order valence-electron chi connectivity index (χ4n) is 2.25. The van der Waals surface area contributed by atoms with Crippen molar-refractivity contribution in [1.82, 2.24) is 15.5 Å². The molecule has 0 aliphatic carbocycles. The summed E-state index contributed by atoms with van der Waals surface area (Å²) in [4.78, 5) is 11.9. The number of hydrogen-bond acceptors (Lipinski definition) is 4. The fourth-order valence-corrected chi connectivity index (χ4v) is 2.25. The molecule has 6 nitrogen and oxygen atoms in total. The number of amides is 1. The summed E-state index contributed by atoms with van der Waals surface area (Å²) in [6, 6.07) is 11.9. The number of nitrogens with two attached hydrogens (primary N) is 1. The van der Waals surface area contributed by atoms with E-state index >= 15 is 0 Å². The van der Waals surface area contributed by atoms with Crippen LogP contribution in [0.25, 0.3) is 11.3 Å². The number of alkyl carbamates (subject to hydrolysis) is 1. The summed E-state index contributed by atoms with van der Waals surface area (Å²) in [6.45, 7) is 8.18. The van der Waals surface area contributed by atoms with Gasteiger partial charge in [-0.15, -0.1) is 0 Å². The number of aromatic nitrogens is 2. The van der Waals surface area contributed by atoms with E-state index < -0.39 is 17.1 Å². The zero-order valence-corrected chi connectivity index (χ0v) is 14.7. The van der Waals surface area contributed by atoms with Gasteiger partial charge in [-0.05, 0) is 26.8 Å². The van der Waals surface area contributed by atoms with Crippen LogP contribution in [-0.4, -0.2) is 35.0 Å². The van der Waals surface area contributed by atoms with Crippen molar-refractivity contribution in [3.63, 3.8) is 0 Å². The number of nitrogens with zero attached hydrogens (tertiary/aromatic N) is 1. The molecular weight excluding hydrogens is 304 g/mol. The van der Waals surface area contributed by atoms with E-state index in [-0.39, 0.29) is 0 Å². The van der Waals surface area contributed by atoms with Crippen molar-refractivity contribution in [3.8, 4) is 11.3 Å². The third kappa shape index (κ3) is 4.58. The van der Waals surface area contributed by atoms with Crippen molar-refractivity contribution in [2.75, 3.05) is 13.1 Å². The van der Waals surface area contributed by atoms with Crippen molar-refractivity contribution in [2.45, 2.75) is 38.7 Å². The zero-order chi connectivity index (χ0) is 17.8. The molecule has 4 N–H and O–H groups in total. The molecule has 2 aromatic rings. The molecular formula is C18H26N4O2. The molecule has 0 aliphatic rings. The quantitative estimate of drug-likeness (QED) is 0.786. The molecule has 0 fully saturated rings. The summed E-state index contributed by atoms with van der Waals surface area (Å²) in [7, 11) is 0.